The van der Waals surface area contributed by atoms with Crippen LogP contribution in [0, 0.1) is 11.3 Å². The highest BCUT2D eigenvalue weighted by Crippen LogP contribution is 2.65. The van der Waals surface area contributed by atoms with Crippen LogP contribution in [0.3, 0.4) is 0 Å². The smallest absolute Gasteiger partial charge is 0.0991 e. The van der Waals surface area contributed by atoms with E-state index in [4.69, 9.17) is 0 Å². The largest absolute Gasteiger partial charge is 0.309 e. The molecule has 4 heterocycles. The van der Waals surface area contributed by atoms with Crippen molar-refractivity contribution in [1.82, 2.24) is 4.57 Å². The van der Waals surface area contributed by atoms with Crippen LogP contribution in [0.25, 0.3) is 135 Å². The summed E-state index contributed by atoms with van der Waals surface area (Å²) in [6, 6.07) is 100. The molecule has 0 radical (unpaired) electrons. The lowest BCUT2D eigenvalue weighted by Crippen LogP contribution is -2.30. The van der Waals surface area contributed by atoms with Crippen LogP contribution in [-0.2, 0) is 27.1 Å². The second-order valence-electron chi connectivity index (χ2n) is 37.8. The molecule has 15 aromatic carbocycles. The highest BCUT2D eigenvalue weighted by Gasteiger charge is 2.46. The number of thiophene rings is 2. The maximum Gasteiger partial charge on any atom is 0.0991 e. The Labute approximate surface area is 711 Å². The minimum Gasteiger partial charge on any atom is -0.309 e. The minimum atomic E-state index is -0.847. The molecular formula is C113H97N3S2. The lowest BCUT2D eigenvalue weighted by atomic mass is 9.63. The van der Waals surface area contributed by atoms with Crippen LogP contribution in [0.4, 0.5) is 17.1 Å². The Morgan fingerprint density at radius 3 is 1.29 bits per heavy atom. The number of anilines is 3. The van der Waals surface area contributed by atoms with Crippen molar-refractivity contribution < 1.29 is 8.22 Å². The molecule has 576 valence electrons. The van der Waals surface area contributed by atoms with Gasteiger partial charge in [-0.1, -0.05) is 328 Å². The number of aromatic nitrogens is 1. The van der Waals surface area contributed by atoms with E-state index in [1.165, 1.54) is 27.0 Å². The predicted molar refractivity (Wildman–Crippen MR) is 507 cm³/mol. The van der Waals surface area contributed by atoms with Gasteiger partial charge in [0.25, 0.3) is 0 Å². The van der Waals surface area contributed by atoms with E-state index in [1.54, 1.807) is 11.3 Å². The molecule has 5 heteroatoms. The zero-order valence-electron chi connectivity index (χ0n) is 75.7. The topological polar surface area (TPSA) is 32.0 Å². The Kier molecular flexibility index (Phi) is 15.8. The Balaban J connectivity index is 1.07. The summed E-state index contributed by atoms with van der Waals surface area (Å²) < 4.78 is 69.2. The number of hydrogen-bond acceptors (Lipinski definition) is 4. The minimum absolute atomic E-state index is 0.0628. The first-order valence-corrected chi connectivity index (χ1v) is 43.0. The fourth-order valence-corrected chi connectivity index (χ4v) is 21.0. The molecular weight excluding hydrogens is 1460 g/mol. The summed E-state index contributed by atoms with van der Waals surface area (Å²) >= 11 is 3.61. The van der Waals surface area contributed by atoms with Crippen molar-refractivity contribution in [3.8, 4) is 78.5 Å². The summed E-state index contributed by atoms with van der Waals surface area (Å²) in [5, 5.41) is 16.0. The molecule has 0 saturated carbocycles. The summed E-state index contributed by atoms with van der Waals surface area (Å²) in [6.07, 6.45) is 0. The monoisotopic (exact) mass is 1570 g/mol. The van der Waals surface area contributed by atoms with E-state index in [2.05, 4.69) is 361 Å². The summed E-state index contributed by atoms with van der Waals surface area (Å²) in [5.74, 6) is -1.18. The van der Waals surface area contributed by atoms with E-state index in [9.17, 15) is 13.5 Å². The summed E-state index contributed by atoms with van der Waals surface area (Å²) in [5.41, 5.74) is 25.6. The Hall–Kier alpha value is -12.2. The lowest BCUT2D eigenvalue weighted by molar-refractivity contribution is 0.568. The highest BCUT2D eigenvalue weighted by molar-refractivity contribution is 7.26. The fourth-order valence-electron chi connectivity index (χ4n) is 18.7. The van der Waals surface area contributed by atoms with Crippen LogP contribution in [0.1, 0.15) is 191 Å². The van der Waals surface area contributed by atoms with Gasteiger partial charge in [0.2, 0.25) is 0 Å². The van der Waals surface area contributed by atoms with E-state index in [0.717, 1.165) is 153 Å². The van der Waals surface area contributed by atoms with Gasteiger partial charge >= 0.3 is 0 Å². The molecule has 20 rings (SSSR count). The fraction of sp³-hybridized carbons (Fsp3) is 0.195. The summed E-state index contributed by atoms with van der Waals surface area (Å²) in [4.78, 5) is 2.59. The SMILES string of the molecule is [2H]c1c(C#N)c([2H])c2c3c([2H])c(C(C)(C)C)c([2H])c([2H])c3n(-c3cc4c5c(c3)N(c3c(-c6ccccc6)cc6sc7ccccc7c6c3-c3ccccc3)c3cc(-c6cc(C(C)(C)C)cc(C(C)(C)C)c6)ccc3C5c3cc(-c5cc(C(C)(C)C)cc(C(C)(C)C)c5)ccc3C4c3c(-c4ccccc4)cc4sc5ccccc5c4c3-c3ccccc3)c2c1[2H]. The van der Waals surface area contributed by atoms with E-state index in [1.807, 2.05) is 36.7 Å². The van der Waals surface area contributed by atoms with Crippen LogP contribution in [0.15, 0.2) is 303 Å². The molecule has 118 heavy (non-hydrogen) atoms. The molecule has 3 nitrogen and oxygen atoms in total. The number of hydrogen-bond donors (Lipinski definition) is 0. The van der Waals surface area contributed by atoms with Crippen molar-refractivity contribution >= 4 is 102 Å². The van der Waals surface area contributed by atoms with E-state index < -0.39 is 23.3 Å². The third kappa shape index (κ3) is 12.4. The zero-order chi connectivity index (χ0) is 86.6. The third-order valence-corrected chi connectivity index (χ3v) is 27.1. The van der Waals surface area contributed by atoms with Gasteiger partial charge in [-0.2, -0.15) is 5.26 Å². The molecule has 2 aliphatic rings. The molecule has 3 aromatic heterocycles. The Morgan fingerprint density at radius 2 is 0.763 bits per heavy atom. The van der Waals surface area contributed by atoms with Gasteiger partial charge in [0, 0.05) is 79.8 Å². The molecule has 2 atom stereocenters. The second-order valence-corrected chi connectivity index (χ2v) is 40.0. The van der Waals surface area contributed by atoms with Crippen LogP contribution >= 0.6 is 22.7 Å². The van der Waals surface area contributed by atoms with Crippen LogP contribution in [0.2, 0.25) is 0 Å². The van der Waals surface area contributed by atoms with Gasteiger partial charge in [-0.25, -0.2) is 0 Å². The zero-order valence-corrected chi connectivity index (χ0v) is 71.3. The Morgan fingerprint density at radius 1 is 0.322 bits per heavy atom. The average molecular weight is 1570 g/mol. The van der Waals surface area contributed by atoms with E-state index in [-0.39, 0.29) is 79.2 Å². The van der Waals surface area contributed by atoms with Gasteiger partial charge in [-0.05, 0) is 223 Å². The molecule has 0 bridgehead atoms. The van der Waals surface area contributed by atoms with Gasteiger partial charge in [-0.3, -0.25) is 0 Å². The first-order chi connectivity index (χ1) is 59.2. The van der Waals surface area contributed by atoms with Gasteiger partial charge in [0.1, 0.15) is 0 Å². The Bertz CT molecular complexity index is 7510. The maximum absolute atomic E-state index is 11.2. The molecule has 1 aliphatic carbocycles. The quantitative estimate of drug-likeness (QED) is 0.144. The first-order valence-electron chi connectivity index (χ1n) is 44.4. The van der Waals surface area contributed by atoms with Crippen molar-refractivity contribution in [2.75, 3.05) is 4.90 Å². The summed E-state index contributed by atoms with van der Waals surface area (Å²) in [6.45, 7) is 33.5. The number of rotatable bonds is 9. The normalized spacial score (nSPS) is 15.1. The molecule has 0 amide bonds. The highest BCUT2D eigenvalue weighted by atomic mass is 32.1. The lowest BCUT2D eigenvalue weighted by Gasteiger charge is -2.46. The van der Waals surface area contributed by atoms with Gasteiger partial charge in [0.05, 0.1) is 48.0 Å². The molecule has 0 fully saturated rings. The predicted octanol–water partition coefficient (Wildman–Crippen LogP) is 32.3. The maximum atomic E-state index is 11.2. The molecule has 18 aromatic rings. The third-order valence-electron chi connectivity index (χ3n) is 24.9. The number of fused-ring (bicyclic) bond motifs is 13. The molecule has 0 N–H and O–H groups in total. The van der Waals surface area contributed by atoms with Crippen LogP contribution in [0.5, 0.6) is 0 Å². The van der Waals surface area contributed by atoms with Crippen molar-refractivity contribution in [3.05, 3.63) is 370 Å². The number of benzene rings is 15. The number of nitriles is 1. The van der Waals surface area contributed by atoms with Crippen LogP contribution < -0.4 is 4.90 Å². The standard InChI is InChI=1S/C113H97N3S2/c1-109(2,3)76-47-51-93-89(61-76)88-52-67(66-114)44-50-92(88)115(93)81-62-91-102(107-86(68-32-20-16-21-33-68)64-98-105(84-40-28-30-42-96(84)117-98)100(107)70-36-24-18-25-37-70)82-48-45-72(74-53-77(110(4,5)6)59-78(54-74)111(7,8)9)57-90(82)103-83-49-46-73(75-55-79(112(10,11)12)60-80(56-75)113(13,14)15)58-94(83)116(95(63-81)104(91)103)108-87(69-34-22-17-23-35-69)65-99-106(85-41-29-31-43-97(85)118-99)101(108)71-38-26-19-27-39-71/h16-65,102-103H,1-15H3/i44D,47D,50D,51D,52D,61D. The molecule has 2 unspecified atom stereocenters. The second kappa shape index (κ2) is 27.5. The summed E-state index contributed by atoms with van der Waals surface area (Å²) in [7, 11) is 0. The van der Waals surface area contributed by atoms with E-state index >= 15 is 0 Å². The van der Waals surface area contributed by atoms with Crippen molar-refractivity contribution in [1.29, 1.82) is 5.26 Å². The van der Waals surface area contributed by atoms with E-state index in [0.29, 0.717) is 11.3 Å². The average Bonchev–Trinajstić information content (AvgIpc) is 1.21. The van der Waals surface area contributed by atoms with Crippen molar-refractivity contribution in [2.24, 2.45) is 0 Å². The molecule has 0 saturated heterocycles. The van der Waals surface area contributed by atoms with Crippen molar-refractivity contribution in [3.63, 3.8) is 0 Å². The first kappa shape index (κ1) is 67.9. The number of nitrogens with zero attached hydrogens (tertiary/aromatic N) is 3. The van der Waals surface area contributed by atoms with Crippen molar-refractivity contribution in [2.45, 2.75) is 143 Å². The molecule has 1 aliphatic heterocycles. The van der Waals surface area contributed by atoms with Gasteiger partial charge in [0.15, 0.2) is 0 Å². The van der Waals surface area contributed by atoms with Gasteiger partial charge in [-0.15, -0.1) is 22.7 Å². The van der Waals surface area contributed by atoms with Gasteiger partial charge < -0.3 is 9.47 Å². The van der Waals surface area contributed by atoms with Crippen LogP contribution in [-0.4, -0.2) is 4.57 Å². The molecule has 0 spiro atoms.